The molecule has 0 unspecified atom stereocenters. The summed E-state index contributed by atoms with van der Waals surface area (Å²) in [5, 5.41) is 0.318. The van der Waals surface area contributed by atoms with Crippen molar-refractivity contribution >= 4 is 16.7 Å². The number of halogens is 4. The van der Waals surface area contributed by atoms with Gasteiger partial charge in [0, 0.05) is 36.7 Å². The number of fused-ring (bicyclic) bond motifs is 1. The van der Waals surface area contributed by atoms with Gasteiger partial charge in [0.15, 0.2) is 17.0 Å². The fraction of sp³-hybridized carbons (Fsp3) is 0.333. The molecule has 5 nitrogen and oxygen atoms in total. The minimum absolute atomic E-state index is 0.0694. The Labute approximate surface area is 169 Å². The van der Waals surface area contributed by atoms with Gasteiger partial charge in [0.2, 0.25) is 11.7 Å². The second-order valence-electron chi connectivity index (χ2n) is 7.11. The predicted octanol–water partition coefficient (Wildman–Crippen LogP) is 4.77. The number of nitrogen functional groups attached to an aromatic ring is 1. The van der Waals surface area contributed by atoms with Crippen LogP contribution in [-0.4, -0.2) is 23.0 Å². The van der Waals surface area contributed by atoms with Crippen LogP contribution in [0.1, 0.15) is 37.3 Å². The van der Waals surface area contributed by atoms with E-state index in [-0.39, 0.29) is 35.8 Å². The third kappa shape index (κ3) is 4.72. The average molecular weight is 423 g/mol. The number of pyridine rings is 2. The molecule has 0 spiro atoms. The maximum absolute atomic E-state index is 13.5. The number of H-pyrrole nitrogens is 1. The number of ether oxygens (including phenoxy) is 1. The maximum atomic E-state index is 13.5. The number of rotatable bonds is 2. The number of alkyl halides is 2. The maximum Gasteiger partial charge on any atom is 0.248 e. The van der Waals surface area contributed by atoms with E-state index < -0.39 is 17.6 Å². The smallest absolute Gasteiger partial charge is 0.248 e. The first kappa shape index (κ1) is 21.6. The van der Waals surface area contributed by atoms with E-state index in [4.69, 9.17) is 5.73 Å². The summed E-state index contributed by atoms with van der Waals surface area (Å²) in [6, 6.07) is 6.80. The van der Waals surface area contributed by atoms with Crippen molar-refractivity contribution in [3.8, 4) is 5.75 Å². The lowest BCUT2D eigenvalue weighted by Gasteiger charge is -2.29. The zero-order valence-electron chi connectivity index (χ0n) is 16.2. The summed E-state index contributed by atoms with van der Waals surface area (Å²) in [7, 11) is 1.29. The predicted molar refractivity (Wildman–Crippen MR) is 106 cm³/mol. The molecule has 0 bridgehead atoms. The van der Waals surface area contributed by atoms with Crippen LogP contribution in [0.25, 0.3) is 10.9 Å². The Kier molecular flexibility index (Phi) is 6.28. The van der Waals surface area contributed by atoms with Gasteiger partial charge < -0.3 is 15.5 Å². The van der Waals surface area contributed by atoms with E-state index in [0.717, 1.165) is 6.07 Å². The molecule has 1 aromatic carbocycles. The summed E-state index contributed by atoms with van der Waals surface area (Å²) in [5.41, 5.74) is 6.52. The zero-order chi connectivity index (χ0) is 21.9. The second kappa shape index (κ2) is 8.73. The van der Waals surface area contributed by atoms with Crippen molar-refractivity contribution in [1.29, 1.82) is 0 Å². The van der Waals surface area contributed by atoms with Crippen molar-refractivity contribution in [3.63, 3.8) is 0 Å². The zero-order valence-corrected chi connectivity index (χ0v) is 16.2. The van der Waals surface area contributed by atoms with Crippen molar-refractivity contribution < 1.29 is 22.3 Å². The van der Waals surface area contributed by atoms with Crippen LogP contribution >= 0.6 is 0 Å². The molecule has 2 aromatic heterocycles. The molecule has 4 rings (SSSR count). The summed E-state index contributed by atoms with van der Waals surface area (Å²) in [4.78, 5) is 19.0. The summed E-state index contributed by atoms with van der Waals surface area (Å²) >= 11 is 0. The lowest BCUT2D eigenvalue weighted by molar-refractivity contribution is -0.0412. The molecule has 0 saturated heterocycles. The molecule has 3 N–H and O–H groups in total. The highest BCUT2D eigenvalue weighted by atomic mass is 19.3. The first-order valence-corrected chi connectivity index (χ1v) is 9.35. The molecule has 0 aliphatic heterocycles. The third-order valence-corrected chi connectivity index (χ3v) is 5.01. The first-order valence-electron chi connectivity index (χ1n) is 9.35. The molecule has 9 heteroatoms. The molecular formula is C21H21F4N3O2. The highest BCUT2D eigenvalue weighted by Gasteiger charge is 2.37. The largest absolute Gasteiger partial charge is 0.494 e. The lowest BCUT2D eigenvalue weighted by Crippen LogP contribution is -2.26. The van der Waals surface area contributed by atoms with Crippen molar-refractivity contribution in [2.45, 2.75) is 37.5 Å². The fourth-order valence-electron chi connectivity index (χ4n) is 3.54. The van der Waals surface area contributed by atoms with Crippen LogP contribution in [0.5, 0.6) is 5.75 Å². The molecule has 30 heavy (non-hydrogen) atoms. The van der Waals surface area contributed by atoms with Gasteiger partial charge in [-0.1, -0.05) is 6.07 Å². The molecule has 0 radical (unpaired) electrons. The Morgan fingerprint density at radius 3 is 2.70 bits per heavy atom. The molecule has 2 heterocycles. The first-order chi connectivity index (χ1) is 14.2. The molecule has 1 atom stereocenters. The van der Waals surface area contributed by atoms with Crippen molar-refractivity contribution in [3.05, 3.63) is 64.1 Å². The van der Waals surface area contributed by atoms with Gasteiger partial charge in [-0.05, 0) is 31.0 Å². The van der Waals surface area contributed by atoms with Gasteiger partial charge >= 0.3 is 0 Å². The molecule has 3 aromatic rings. The summed E-state index contributed by atoms with van der Waals surface area (Å²) in [6.45, 7) is 0. The Morgan fingerprint density at radius 2 is 2.03 bits per heavy atom. The van der Waals surface area contributed by atoms with E-state index in [1.165, 1.54) is 31.5 Å². The minimum Gasteiger partial charge on any atom is -0.494 e. The highest BCUT2D eigenvalue weighted by Crippen LogP contribution is 2.41. The summed E-state index contributed by atoms with van der Waals surface area (Å²) < 4.78 is 56.3. The monoisotopic (exact) mass is 423 g/mol. The highest BCUT2D eigenvalue weighted by molar-refractivity contribution is 5.87. The Bertz CT molecular complexity index is 1100. The quantitative estimate of drug-likeness (QED) is 0.582. The third-order valence-electron chi connectivity index (χ3n) is 5.01. The topological polar surface area (TPSA) is 81.0 Å². The van der Waals surface area contributed by atoms with Gasteiger partial charge in [0.05, 0.1) is 18.0 Å². The number of methoxy groups -OCH3 is 1. The number of anilines is 1. The Hall–Kier alpha value is -3.10. The molecule has 1 aliphatic carbocycles. The number of hydrogen-bond acceptors (Lipinski definition) is 4. The van der Waals surface area contributed by atoms with Gasteiger partial charge in [-0.15, -0.1) is 0 Å². The lowest BCUT2D eigenvalue weighted by atomic mass is 9.84. The van der Waals surface area contributed by atoms with Crippen molar-refractivity contribution in [1.82, 2.24) is 9.97 Å². The standard InChI is InChI=1S/C14H15F2N3O.C7H6F2O/c15-14(16)4-1-2-8(7-14)10-6-11(20)12-9(19-10)3-5-18-13(12)17;1-10-6-4-2-3-5(8)7(6)9/h3,5-6,8H,1-2,4,7H2,(H2,17,18)(H,19,20);2-4H,1H3/t8-;/m0./s1. The minimum atomic E-state index is -2.65. The van der Waals surface area contributed by atoms with Crippen LogP contribution < -0.4 is 15.9 Å². The normalized spacial score (nSPS) is 17.8. The molecule has 0 amide bonds. The number of nitrogens with two attached hydrogens (primary N) is 1. The molecule has 160 valence electrons. The van der Waals surface area contributed by atoms with Crippen LogP contribution in [0.4, 0.5) is 23.4 Å². The van der Waals surface area contributed by atoms with E-state index in [2.05, 4.69) is 14.7 Å². The van der Waals surface area contributed by atoms with E-state index in [1.54, 1.807) is 6.07 Å². The van der Waals surface area contributed by atoms with E-state index in [0.29, 0.717) is 29.4 Å². The molecule has 1 aliphatic rings. The molecule has 1 fully saturated rings. The van der Waals surface area contributed by atoms with Crippen LogP contribution in [0.3, 0.4) is 0 Å². The van der Waals surface area contributed by atoms with Gasteiger partial charge in [-0.2, -0.15) is 4.39 Å². The van der Waals surface area contributed by atoms with Crippen LogP contribution in [0.2, 0.25) is 0 Å². The molecular weight excluding hydrogens is 402 g/mol. The summed E-state index contributed by atoms with van der Waals surface area (Å²) in [5.74, 6) is -4.70. The van der Waals surface area contributed by atoms with E-state index in [1.807, 2.05) is 0 Å². The second-order valence-corrected chi connectivity index (χ2v) is 7.11. The van der Waals surface area contributed by atoms with Gasteiger partial charge in [-0.25, -0.2) is 18.2 Å². The number of aromatic nitrogens is 2. The number of nitrogens with one attached hydrogen (secondary N) is 1. The fourth-order valence-corrected chi connectivity index (χ4v) is 3.54. The number of hydrogen-bond donors (Lipinski definition) is 2. The van der Waals surface area contributed by atoms with Crippen LogP contribution in [0, 0.1) is 11.6 Å². The van der Waals surface area contributed by atoms with Crippen LogP contribution in [0.15, 0.2) is 41.3 Å². The van der Waals surface area contributed by atoms with Gasteiger partial charge in [0.1, 0.15) is 5.82 Å². The van der Waals surface area contributed by atoms with Crippen molar-refractivity contribution in [2.75, 3.05) is 12.8 Å². The number of aromatic amines is 1. The average Bonchev–Trinajstić information content (AvgIpc) is 2.69. The number of nitrogens with zero attached hydrogens (tertiary/aromatic N) is 1. The van der Waals surface area contributed by atoms with Crippen LogP contribution in [-0.2, 0) is 0 Å². The van der Waals surface area contributed by atoms with Gasteiger partial charge in [-0.3, -0.25) is 4.79 Å². The molecule has 1 saturated carbocycles. The number of benzene rings is 1. The van der Waals surface area contributed by atoms with Gasteiger partial charge in [0.25, 0.3) is 0 Å². The Morgan fingerprint density at radius 1 is 1.27 bits per heavy atom. The van der Waals surface area contributed by atoms with E-state index in [9.17, 15) is 22.4 Å². The Balaban J connectivity index is 0.000000216. The SMILES string of the molecule is COc1cccc(F)c1F.Nc1nccc2[nH]c([C@H]3CCCC(F)(F)C3)cc(=O)c12. The van der Waals surface area contributed by atoms with Crippen molar-refractivity contribution in [2.24, 2.45) is 0 Å². The summed E-state index contributed by atoms with van der Waals surface area (Å²) in [6.07, 6.45) is 2.34. The van der Waals surface area contributed by atoms with E-state index >= 15 is 0 Å².